The van der Waals surface area contributed by atoms with Crippen LogP contribution in [0.3, 0.4) is 0 Å². The zero-order valence-electron chi connectivity index (χ0n) is 8.11. The summed E-state index contributed by atoms with van der Waals surface area (Å²) in [5.41, 5.74) is 1.05. The van der Waals surface area contributed by atoms with E-state index in [1.165, 1.54) is 12.3 Å². The molecule has 1 aliphatic rings. The molecule has 0 amide bonds. The van der Waals surface area contributed by atoms with Crippen LogP contribution in [0.15, 0.2) is 34.9 Å². The van der Waals surface area contributed by atoms with E-state index in [0.717, 1.165) is 10.7 Å². The van der Waals surface area contributed by atoms with Gasteiger partial charge in [-0.25, -0.2) is 9.38 Å². The molecule has 0 saturated heterocycles. The van der Waals surface area contributed by atoms with Crippen molar-refractivity contribution >= 4 is 16.1 Å². The molecular formula is C10H12FN2S+. The number of aryl methyl sites for hydroxylation is 1. The van der Waals surface area contributed by atoms with Gasteiger partial charge in [0.25, 0.3) is 0 Å². The molecule has 0 saturated carbocycles. The maximum absolute atomic E-state index is 13.1. The molecule has 0 bridgehead atoms. The average Bonchev–Trinajstić information content (AvgIpc) is 2.56. The lowest BCUT2D eigenvalue weighted by atomic mass is 10.4. The van der Waals surface area contributed by atoms with Crippen LogP contribution in [-0.4, -0.2) is 5.04 Å². The summed E-state index contributed by atoms with van der Waals surface area (Å²) in [7, 11) is 0. The molecule has 2 nitrogen and oxygen atoms in total. The highest BCUT2D eigenvalue weighted by molar-refractivity contribution is 8.27. The second kappa shape index (κ2) is 3.53. The summed E-state index contributed by atoms with van der Waals surface area (Å²) in [5.74, 6) is -0.203. The fourth-order valence-corrected chi connectivity index (χ4v) is 3.06. The summed E-state index contributed by atoms with van der Waals surface area (Å²) in [6, 6.07) is 3.27. The number of halogens is 1. The number of nitrogens with zero attached hydrogens (tertiary/aromatic N) is 2. The molecule has 2 heterocycles. The molecule has 0 aromatic carbocycles. The number of hydrogen-bond donors (Lipinski definition) is 1. The van der Waals surface area contributed by atoms with E-state index in [4.69, 9.17) is 0 Å². The molecule has 0 radical (unpaired) electrons. The van der Waals surface area contributed by atoms with E-state index in [0.29, 0.717) is 0 Å². The summed E-state index contributed by atoms with van der Waals surface area (Å²) in [6.45, 7) is 3.95. The van der Waals surface area contributed by atoms with Crippen LogP contribution in [0.1, 0.15) is 12.6 Å². The van der Waals surface area contributed by atoms with Crippen molar-refractivity contribution in [2.75, 3.05) is 0 Å². The summed E-state index contributed by atoms with van der Waals surface area (Å²) < 4.78 is 15.0. The average molecular weight is 211 g/mol. The number of aliphatic imine (C=N–C) groups is 1. The molecular weight excluding hydrogens is 199 g/mol. The van der Waals surface area contributed by atoms with Gasteiger partial charge in [-0.3, -0.25) is 0 Å². The zero-order chi connectivity index (χ0) is 10.1. The van der Waals surface area contributed by atoms with Crippen molar-refractivity contribution < 1.29 is 8.36 Å². The molecule has 0 N–H and O–H groups in total. The van der Waals surface area contributed by atoms with Crippen LogP contribution >= 0.6 is 11.1 Å². The SMILES string of the molecule is CC1=NC=C[SH]1[n+]1cc(F)ccc1C. The lowest BCUT2D eigenvalue weighted by molar-refractivity contribution is -0.506. The van der Waals surface area contributed by atoms with Crippen LogP contribution < -0.4 is 3.97 Å². The van der Waals surface area contributed by atoms with Gasteiger partial charge in [-0.05, 0) is 13.0 Å². The van der Waals surface area contributed by atoms with Gasteiger partial charge >= 0.3 is 0 Å². The van der Waals surface area contributed by atoms with Crippen molar-refractivity contribution in [2.24, 2.45) is 4.99 Å². The largest absolute Gasteiger partial charge is 0.250 e. The highest BCUT2D eigenvalue weighted by Crippen LogP contribution is 2.28. The van der Waals surface area contributed by atoms with Gasteiger partial charge in [-0.15, -0.1) is 3.97 Å². The molecule has 1 aromatic heterocycles. The third-order valence-electron chi connectivity index (χ3n) is 2.12. The zero-order valence-corrected chi connectivity index (χ0v) is 9.00. The lowest BCUT2D eigenvalue weighted by Gasteiger charge is -2.09. The molecule has 0 aliphatic carbocycles. The molecule has 0 spiro atoms. The van der Waals surface area contributed by atoms with Gasteiger partial charge in [0.1, 0.15) is 5.04 Å². The Labute approximate surface area is 85.3 Å². The fourth-order valence-electron chi connectivity index (χ4n) is 1.37. The predicted molar refractivity (Wildman–Crippen MR) is 58.0 cm³/mol. The first-order valence-electron chi connectivity index (χ1n) is 4.37. The van der Waals surface area contributed by atoms with Gasteiger partial charge < -0.3 is 0 Å². The van der Waals surface area contributed by atoms with E-state index in [9.17, 15) is 4.39 Å². The highest BCUT2D eigenvalue weighted by atomic mass is 32.2. The van der Waals surface area contributed by atoms with E-state index in [1.807, 2.05) is 23.2 Å². The fraction of sp³-hybridized carbons (Fsp3) is 0.200. The third kappa shape index (κ3) is 1.57. The quantitative estimate of drug-likeness (QED) is 0.541. The van der Waals surface area contributed by atoms with E-state index in [-0.39, 0.29) is 5.82 Å². The number of thiol groups is 1. The standard InChI is InChI=1S/C10H12FN2S/c1-8-3-4-10(11)7-13(8)14-6-5-12-9(14)2/h3-7,14H,1-2H3/q+1. The van der Waals surface area contributed by atoms with Crippen molar-refractivity contribution in [3.63, 3.8) is 0 Å². The predicted octanol–water partition coefficient (Wildman–Crippen LogP) is 2.09. The summed E-state index contributed by atoms with van der Waals surface area (Å²) in [6.07, 6.45) is 3.33. The summed E-state index contributed by atoms with van der Waals surface area (Å²) in [5, 5.41) is 3.08. The topological polar surface area (TPSA) is 16.2 Å². The number of pyridine rings is 1. The number of hydrogen-bond acceptors (Lipinski definition) is 1. The third-order valence-corrected chi connectivity index (χ3v) is 4.21. The van der Waals surface area contributed by atoms with Crippen LogP contribution in [0, 0.1) is 12.7 Å². The maximum atomic E-state index is 13.1. The van der Waals surface area contributed by atoms with Crippen LogP contribution in [0.2, 0.25) is 0 Å². The monoisotopic (exact) mass is 211 g/mol. The van der Waals surface area contributed by atoms with Crippen LogP contribution in [0.4, 0.5) is 4.39 Å². The van der Waals surface area contributed by atoms with Crippen molar-refractivity contribution in [3.05, 3.63) is 41.4 Å². The Morgan fingerprint density at radius 2 is 2.14 bits per heavy atom. The first-order chi connectivity index (χ1) is 6.68. The van der Waals surface area contributed by atoms with Gasteiger partial charge in [-0.2, -0.15) is 0 Å². The van der Waals surface area contributed by atoms with Gasteiger partial charge in [0.05, 0.1) is 0 Å². The van der Waals surface area contributed by atoms with Crippen LogP contribution in [0.5, 0.6) is 0 Å². The Balaban J connectivity index is 2.46. The molecule has 4 heteroatoms. The van der Waals surface area contributed by atoms with E-state index >= 15 is 0 Å². The van der Waals surface area contributed by atoms with E-state index in [2.05, 4.69) is 4.99 Å². The molecule has 2 rings (SSSR count). The smallest absolute Gasteiger partial charge is 0.217 e. The van der Waals surface area contributed by atoms with Gasteiger partial charge in [-0.1, -0.05) is 0 Å². The first-order valence-corrected chi connectivity index (χ1v) is 5.73. The van der Waals surface area contributed by atoms with Crippen LogP contribution in [0.25, 0.3) is 0 Å². The van der Waals surface area contributed by atoms with E-state index < -0.39 is 11.1 Å². The molecule has 0 fully saturated rings. The Morgan fingerprint density at radius 3 is 2.79 bits per heavy atom. The van der Waals surface area contributed by atoms with Crippen molar-refractivity contribution in [2.45, 2.75) is 13.8 Å². The summed E-state index contributed by atoms with van der Waals surface area (Å²) in [4.78, 5) is 4.19. The van der Waals surface area contributed by atoms with Crippen molar-refractivity contribution in [3.8, 4) is 0 Å². The minimum absolute atomic E-state index is 0.203. The maximum Gasteiger partial charge on any atom is 0.217 e. The van der Waals surface area contributed by atoms with Crippen LogP contribution in [-0.2, 0) is 0 Å². The normalized spacial score (nSPS) is 22.5. The van der Waals surface area contributed by atoms with Crippen molar-refractivity contribution in [1.82, 2.24) is 0 Å². The highest BCUT2D eigenvalue weighted by Gasteiger charge is 2.20. The molecule has 1 aliphatic heterocycles. The molecule has 1 aromatic rings. The van der Waals surface area contributed by atoms with Crippen molar-refractivity contribution in [1.29, 1.82) is 0 Å². The molecule has 1 unspecified atom stereocenters. The second-order valence-electron chi connectivity index (χ2n) is 3.15. The number of rotatable bonds is 1. The van der Waals surface area contributed by atoms with Gasteiger partial charge in [0.2, 0.25) is 6.20 Å². The molecule has 14 heavy (non-hydrogen) atoms. The first kappa shape index (κ1) is 9.40. The minimum atomic E-state index is -0.592. The Hall–Kier alpha value is -1.16. The summed E-state index contributed by atoms with van der Waals surface area (Å²) >= 11 is -0.592. The Kier molecular flexibility index (Phi) is 2.37. The lowest BCUT2D eigenvalue weighted by Crippen LogP contribution is -2.35. The number of aromatic nitrogens is 1. The van der Waals surface area contributed by atoms with E-state index in [1.54, 1.807) is 12.3 Å². The Morgan fingerprint density at radius 1 is 1.36 bits per heavy atom. The second-order valence-corrected chi connectivity index (χ2v) is 5.22. The minimum Gasteiger partial charge on any atom is -0.250 e. The molecule has 1 atom stereocenters. The van der Waals surface area contributed by atoms with Gasteiger partial charge in [0, 0.05) is 35.7 Å². The molecule has 74 valence electrons. The Bertz CT molecular complexity index is 426. The van der Waals surface area contributed by atoms with Gasteiger partial charge in [0.15, 0.2) is 11.5 Å².